The monoisotopic (exact) mass is 583 g/mol. The standard InChI is InChI=1S/C36H49N5S/c1-22(2)11-10-12-23(3)25-16-17-26-31-27(18-20-36(25,26)5)35(4)19-9-8-13-24(35)21-30(31)40-41-34-39-32-33(42-34)38-29-15-7-6-14-28(29)37-32/h6-7,14-15,21-23,25-27,31H,8-13,16-20H2,1-5H3,(H,37,39,41)/b40-30-/t23-,25-,26+,27+,31+,35+,36-/m1/s1. The molecule has 0 aliphatic heterocycles. The molecular weight excluding hydrogens is 534 g/mol. The molecule has 3 saturated carbocycles. The number of hydrazone groups is 1. The Bertz CT molecular complexity index is 1470. The lowest BCUT2D eigenvalue weighted by Gasteiger charge is -2.58. The number of hydrogen-bond donors (Lipinski definition) is 1. The van der Waals surface area contributed by atoms with Gasteiger partial charge in [-0.15, -0.1) is 0 Å². The Kier molecular flexibility index (Phi) is 7.43. The van der Waals surface area contributed by atoms with Crippen LogP contribution in [0.1, 0.15) is 105 Å². The third-order valence-corrected chi connectivity index (χ3v) is 13.1. The van der Waals surface area contributed by atoms with E-state index in [0.29, 0.717) is 28.3 Å². The fourth-order valence-corrected chi connectivity index (χ4v) is 10.8. The summed E-state index contributed by atoms with van der Waals surface area (Å²) in [7, 11) is 0. The second kappa shape index (κ2) is 11.0. The molecule has 42 heavy (non-hydrogen) atoms. The van der Waals surface area contributed by atoms with Crippen molar-refractivity contribution in [2.24, 2.45) is 51.4 Å². The van der Waals surface area contributed by atoms with Crippen molar-refractivity contribution in [2.75, 3.05) is 5.43 Å². The second-order valence-electron chi connectivity index (χ2n) is 15.1. The van der Waals surface area contributed by atoms with E-state index in [0.717, 1.165) is 44.7 Å². The largest absolute Gasteiger partial charge is 0.252 e. The highest BCUT2D eigenvalue weighted by Gasteiger charge is 2.60. The number of benzene rings is 1. The number of allylic oxidation sites excluding steroid dienone is 2. The van der Waals surface area contributed by atoms with E-state index in [9.17, 15) is 0 Å². The van der Waals surface area contributed by atoms with Gasteiger partial charge >= 0.3 is 0 Å². The molecule has 1 N–H and O–H groups in total. The minimum atomic E-state index is 0.341. The van der Waals surface area contributed by atoms with Crippen molar-refractivity contribution in [1.29, 1.82) is 0 Å². The minimum Gasteiger partial charge on any atom is -0.252 e. The quantitative estimate of drug-likeness (QED) is 0.281. The van der Waals surface area contributed by atoms with Crippen molar-refractivity contribution in [1.82, 2.24) is 15.0 Å². The highest BCUT2D eigenvalue weighted by molar-refractivity contribution is 7.21. The van der Waals surface area contributed by atoms with Crippen LogP contribution in [0.3, 0.4) is 0 Å². The maximum atomic E-state index is 5.24. The van der Waals surface area contributed by atoms with Crippen LogP contribution in [0, 0.1) is 46.3 Å². The van der Waals surface area contributed by atoms with Crippen LogP contribution in [0.2, 0.25) is 0 Å². The van der Waals surface area contributed by atoms with Crippen LogP contribution in [0.25, 0.3) is 21.5 Å². The number of nitrogens with zero attached hydrogens (tertiary/aromatic N) is 4. The van der Waals surface area contributed by atoms with Crippen molar-refractivity contribution in [3.63, 3.8) is 0 Å². The van der Waals surface area contributed by atoms with Crippen molar-refractivity contribution in [3.8, 4) is 0 Å². The molecule has 5 nitrogen and oxygen atoms in total. The first-order chi connectivity index (χ1) is 20.3. The Morgan fingerprint density at radius 2 is 1.76 bits per heavy atom. The molecule has 3 fully saturated rings. The fraction of sp³-hybridized carbons (Fsp3) is 0.667. The van der Waals surface area contributed by atoms with Crippen molar-refractivity contribution < 1.29 is 0 Å². The summed E-state index contributed by atoms with van der Waals surface area (Å²) in [6.07, 6.45) is 17.4. The average molecular weight is 584 g/mol. The van der Waals surface area contributed by atoms with E-state index in [2.05, 4.69) is 46.1 Å². The molecule has 0 amide bonds. The maximum Gasteiger partial charge on any atom is 0.207 e. The van der Waals surface area contributed by atoms with Gasteiger partial charge in [0.25, 0.3) is 0 Å². The average Bonchev–Trinajstić information content (AvgIpc) is 3.54. The molecule has 1 aromatic carbocycles. The first kappa shape index (κ1) is 28.4. The van der Waals surface area contributed by atoms with Crippen LogP contribution in [-0.4, -0.2) is 20.7 Å². The zero-order valence-corrected chi connectivity index (χ0v) is 27.1. The van der Waals surface area contributed by atoms with Gasteiger partial charge < -0.3 is 0 Å². The molecule has 0 bridgehead atoms. The van der Waals surface area contributed by atoms with E-state index in [1.165, 1.54) is 76.3 Å². The first-order valence-electron chi connectivity index (χ1n) is 16.8. The summed E-state index contributed by atoms with van der Waals surface area (Å²) >= 11 is 1.56. The highest BCUT2D eigenvalue weighted by Crippen LogP contribution is 2.67. The lowest BCUT2D eigenvalue weighted by Crippen LogP contribution is -2.53. The van der Waals surface area contributed by atoms with Crippen molar-refractivity contribution in [2.45, 2.75) is 105 Å². The third kappa shape index (κ3) is 4.80. The third-order valence-electron chi connectivity index (χ3n) is 12.3. The minimum absolute atomic E-state index is 0.341. The van der Waals surface area contributed by atoms with Crippen LogP contribution in [0.4, 0.5) is 5.13 Å². The number of para-hydroxylation sites is 2. The van der Waals surface area contributed by atoms with Gasteiger partial charge in [0.2, 0.25) is 5.13 Å². The zero-order chi connectivity index (χ0) is 29.1. The SMILES string of the molecule is CC(C)CCC[C@@H](C)[C@H]1CC[C@H]2[C@@H]3/C(=N\Nc4nc5nc6ccccc6nc5s4)C=C4CCCC[C@]4(C)[C@H]3CC[C@]12C. The van der Waals surface area contributed by atoms with E-state index in [-0.39, 0.29) is 0 Å². The van der Waals surface area contributed by atoms with Crippen LogP contribution >= 0.6 is 11.3 Å². The number of fused-ring (bicyclic) bond motifs is 7. The fourth-order valence-electron chi connectivity index (χ4n) is 10.1. The Morgan fingerprint density at radius 3 is 2.57 bits per heavy atom. The van der Waals surface area contributed by atoms with Gasteiger partial charge in [0.15, 0.2) is 10.5 Å². The first-order valence-corrected chi connectivity index (χ1v) is 17.7. The summed E-state index contributed by atoms with van der Waals surface area (Å²) in [4.78, 5) is 15.3. The summed E-state index contributed by atoms with van der Waals surface area (Å²) < 4.78 is 0. The van der Waals surface area contributed by atoms with E-state index in [1.54, 1.807) is 16.9 Å². The van der Waals surface area contributed by atoms with Crippen LogP contribution in [0.15, 0.2) is 41.0 Å². The van der Waals surface area contributed by atoms with Crippen LogP contribution in [0.5, 0.6) is 0 Å². The van der Waals surface area contributed by atoms with Gasteiger partial charge in [0.1, 0.15) is 0 Å². The molecule has 4 aliphatic carbocycles. The molecule has 4 aliphatic rings. The summed E-state index contributed by atoms with van der Waals surface area (Å²) in [5, 5.41) is 6.03. The molecule has 0 unspecified atom stereocenters. The molecule has 0 radical (unpaired) electrons. The summed E-state index contributed by atoms with van der Waals surface area (Å²) in [5.74, 6) is 4.41. The Balaban J connectivity index is 1.20. The predicted molar refractivity (Wildman–Crippen MR) is 177 cm³/mol. The molecule has 2 aromatic heterocycles. The topological polar surface area (TPSA) is 63.1 Å². The summed E-state index contributed by atoms with van der Waals surface area (Å²) in [6.45, 7) is 12.6. The maximum absolute atomic E-state index is 5.24. The molecule has 7 rings (SSSR count). The van der Waals surface area contributed by atoms with E-state index in [1.807, 2.05) is 24.3 Å². The van der Waals surface area contributed by atoms with Crippen LogP contribution < -0.4 is 5.43 Å². The Labute approximate surface area is 256 Å². The molecule has 2 heterocycles. The van der Waals surface area contributed by atoms with Crippen molar-refractivity contribution in [3.05, 3.63) is 35.9 Å². The van der Waals surface area contributed by atoms with E-state index < -0.39 is 0 Å². The predicted octanol–water partition coefficient (Wildman–Crippen LogP) is 10.0. The number of rotatable bonds is 7. The van der Waals surface area contributed by atoms with Gasteiger partial charge in [0.05, 0.1) is 16.7 Å². The summed E-state index contributed by atoms with van der Waals surface area (Å²) in [5.41, 5.74) is 9.66. The number of hydrogen-bond acceptors (Lipinski definition) is 6. The van der Waals surface area contributed by atoms with Gasteiger partial charge in [0, 0.05) is 5.92 Å². The van der Waals surface area contributed by atoms with E-state index >= 15 is 0 Å². The molecule has 0 spiro atoms. The van der Waals surface area contributed by atoms with Gasteiger partial charge in [-0.2, -0.15) is 10.1 Å². The molecule has 6 heteroatoms. The van der Waals surface area contributed by atoms with E-state index in [4.69, 9.17) is 20.1 Å². The number of thiazole rings is 1. The molecular formula is C36H49N5S. The van der Waals surface area contributed by atoms with Gasteiger partial charge in [-0.25, -0.2) is 9.97 Å². The van der Waals surface area contributed by atoms with Gasteiger partial charge in [-0.05, 0) is 104 Å². The zero-order valence-electron chi connectivity index (χ0n) is 26.3. The van der Waals surface area contributed by atoms with Crippen LogP contribution in [-0.2, 0) is 0 Å². The molecule has 7 atom stereocenters. The number of anilines is 1. The summed E-state index contributed by atoms with van der Waals surface area (Å²) in [6, 6.07) is 8.04. The Morgan fingerprint density at radius 1 is 0.952 bits per heavy atom. The normalized spacial score (nSPS) is 34.3. The Hall–Kier alpha value is -2.34. The highest BCUT2D eigenvalue weighted by atomic mass is 32.1. The number of nitrogens with one attached hydrogen (secondary N) is 1. The molecule has 3 aromatic rings. The van der Waals surface area contributed by atoms with Gasteiger partial charge in [-0.1, -0.05) is 89.3 Å². The second-order valence-corrected chi connectivity index (χ2v) is 16.0. The molecule has 224 valence electrons. The number of aromatic nitrogens is 3. The lowest BCUT2D eigenvalue weighted by atomic mass is 9.46. The van der Waals surface area contributed by atoms with Crippen molar-refractivity contribution >= 4 is 43.7 Å². The smallest absolute Gasteiger partial charge is 0.207 e. The molecule has 0 saturated heterocycles. The van der Waals surface area contributed by atoms with Gasteiger partial charge in [-0.3, -0.25) is 5.43 Å². The lowest BCUT2D eigenvalue weighted by molar-refractivity contribution is -0.0214.